The number of hydrogen-bond donors (Lipinski definition) is 1. The molecule has 0 saturated carbocycles. The van der Waals surface area contributed by atoms with E-state index in [2.05, 4.69) is 42.3 Å². The quantitative estimate of drug-likeness (QED) is 0.536. The predicted molar refractivity (Wildman–Crippen MR) is 105 cm³/mol. The van der Waals surface area contributed by atoms with Crippen LogP contribution in [-0.2, 0) is 11.3 Å². The highest BCUT2D eigenvalue weighted by Crippen LogP contribution is 2.28. The van der Waals surface area contributed by atoms with Crippen LogP contribution in [0.5, 0.6) is 5.75 Å². The monoisotopic (exact) mass is 371 g/mol. The van der Waals surface area contributed by atoms with Crippen molar-refractivity contribution < 1.29 is 14.5 Å². The highest BCUT2D eigenvalue weighted by Gasteiger charge is 2.14. The molecule has 7 nitrogen and oxygen atoms in total. The molecule has 0 bridgehead atoms. The van der Waals surface area contributed by atoms with E-state index in [0.717, 1.165) is 13.1 Å². The molecule has 0 fully saturated rings. The number of anilines is 1. The molecule has 0 radical (unpaired) electrons. The first-order valence-electron chi connectivity index (χ1n) is 8.83. The standard InChI is InChI=1S/C20H25N3O4/c1-4-22(14-16-7-5-6-15(2)12-16)11-10-20(24)21-18-13-17(23(25)26)8-9-19(18)27-3/h5-9,12-13H,4,10-11,14H2,1-3H3,(H,21,24). The van der Waals surface area contributed by atoms with Gasteiger partial charge in [0, 0.05) is 31.6 Å². The van der Waals surface area contributed by atoms with Gasteiger partial charge in [-0.05, 0) is 25.1 Å². The minimum Gasteiger partial charge on any atom is -0.495 e. The van der Waals surface area contributed by atoms with Crippen molar-refractivity contribution in [3.63, 3.8) is 0 Å². The van der Waals surface area contributed by atoms with E-state index in [0.29, 0.717) is 18.0 Å². The highest BCUT2D eigenvalue weighted by molar-refractivity contribution is 5.92. The summed E-state index contributed by atoms with van der Waals surface area (Å²) in [6, 6.07) is 12.4. The summed E-state index contributed by atoms with van der Waals surface area (Å²) in [5.74, 6) is 0.178. The normalized spacial score (nSPS) is 10.7. The minimum absolute atomic E-state index is 0.0965. The molecule has 1 N–H and O–H groups in total. The topological polar surface area (TPSA) is 84.7 Å². The Kier molecular flexibility index (Phi) is 7.31. The second-order valence-electron chi connectivity index (χ2n) is 6.30. The lowest BCUT2D eigenvalue weighted by molar-refractivity contribution is -0.384. The maximum Gasteiger partial charge on any atom is 0.271 e. The van der Waals surface area contributed by atoms with E-state index in [9.17, 15) is 14.9 Å². The number of nitrogens with zero attached hydrogens (tertiary/aromatic N) is 2. The van der Waals surface area contributed by atoms with Gasteiger partial charge in [0.1, 0.15) is 5.75 Å². The number of nitro benzene ring substituents is 1. The Morgan fingerprint density at radius 1 is 1.26 bits per heavy atom. The Bertz CT molecular complexity index is 808. The van der Waals surface area contributed by atoms with Gasteiger partial charge in [-0.1, -0.05) is 36.8 Å². The van der Waals surface area contributed by atoms with Gasteiger partial charge in [-0.25, -0.2) is 0 Å². The lowest BCUT2D eigenvalue weighted by atomic mass is 10.1. The molecule has 144 valence electrons. The molecule has 0 unspecified atom stereocenters. The number of nitrogens with one attached hydrogen (secondary N) is 1. The maximum atomic E-state index is 12.3. The number of amides is 1. The number of rotatable bonds is 9. The van der Waals surface area contributed by atoms with Crippen LogP contribution in [0.2, 0.25) is 0 Å². The van der Waals surface area contributed by atoms with Gasteiger partial charge in [-0.2, -0.15) is 0 Å². The SMILES string of the molecule is CCN(CCC(=O)Nc1cc([N+](=O)[O-])ccc1OC)Cc1cccc(C)c1. The molecule has 0 aliphatic carbocycles. The molecule has 0 aliphatic rings. The molecule has 1 amide bonds. The Hall–Kier alpha value is -2.93. The van der Waals surface area contributed by atoms with E-state index < -0.39 is 4.92 Å². The number of nitro groups is 1. The van der Waals surface area contributed by atoms with Crippen LogP contribution in [0.15, 0.2) is 42.5 Å². The van der Waals surface area contributed by atoms with Crippen molar-refractivity contribution in [1.29, 1.82) is 0 Å². The number of benzene rings is 2. The molecule has 0 atom stereocenters. The Morgan fingerprint density at radius 3 is 2.67 bits per heavy atom. The van der Waals surface area contributed by atoms with E-state index in [1.165, 1.54) is 36.4 Å². The first-order chi connectivity index (χ1) is 12.9. The van der Waals surface area contributed by atoms with Gasteiger partial charge < -0.3 is 10.1 Å². The number of hydrogen-bond acceptors (Lipinski definition) is 5. The summed E-state index contributed by atoms with van der Waals surface area (Å²) in [6.45, 7) is 6.29. The summed E-state index contributed by atoms with van der Waals surface area (Å²) in [4.78, 5) is 24.9. The van der Waals surface area contributed by atoms with Crippen LogP contribution in [0.25, 0.3) is 0 Å². The number of ether oxygens (including phenoxy) is 1. The first kappa shape index (κ1) is 20.4. The van der Waals surface area contributed by atoms with Gasteiger partial charge in [0.2, 0.25) is 5.91 Å². The summed E-state index contributed by atoms with van der Waals surface area (Å²) in [6.07, 6.45) is 0.283. The third-order valence-electron chi connectivity index (χ3n) is 4.26. The van der Waals surface area contributed by atoms with E-state index in [1.807, 2.05) is 6.07 Å². The smallest absolute Gasteiger partial charge is 0.271 e. The summed E-state index contributed by atoms with van der Waals surface area (Å²) < 4.78 is 5.17. The van der Waals surface area contributed by atoms with Crippen LogP contribution < -0.4 is 10.1 Å². The Balaban J connectivity index is 1.96. The van der Waals surface area contributed by atoms with Crippen molar-refractivity contribution in [2.45, 2.75) is 26.8 Å². The lowest BCUT2D eigenvalue weighted by Gasteiger charge is -2.20. The third kappa shape index (κ3) is 6.07. The molecular formula is C20H25N3O4. The first-order valence-corrected chi connectivity index (χ1v) is 8.83. The van der Waals surface area contributed by atoms with Crippen LogP contribution >= 0.6 is 0 Å². The van der Waals surface area contributed by atoms with Crippen LogP contribution in [0.3, 0.4) is 0 Å². The Morgan fingerprint density at radius 2 is 2.04 bits per heavy atom. The molecule has 2 aromatic rings. The minimum atomic E-state index is -0.504. The molecule has 0 saturated heterocycles. The van der Waals surface area contributed by atoms with Crippen molar-refractivity contribution in [3.8, 4) is 5.75 Å². The summed E-state index contributed by atoms with van der Waals surface area (Å²) >= 11 is 0. The van der Waals surface area contributed by atoms with Gasteiger partial charge in [0.15, 0.2) is 0 Å². The molecule has 2 rings (SSSR count). The van der Waals surface area contributed by atoms with E-state index in [-0.39, 0.29) is 18.0 Å². The average molecular weight is 371 g/mol. The van der Waals surface area contributed by atoms with E-state index >= 15 is 0 Å². The molecule has 0 aromatic heterocycles. The van der Waals surface area contributed by atoms with Gasteiger partial charge in [0.05, 0.1) is 17.7 Å². The van der Waals surface area contributed by atoms with Crippen molar-refractivity contribution in [2.24, 2.45) is 0 Å². The second-order valence-corrected chi connectivity index (χ2v) is 6.30. The Labute approximate surface area is 159 Å². The zero-order chi connectivity index (χ0) is 19.8. The summed E-state index contributed by atoms with van der Waals surface area (Å²) in [5, 5.41) is 13.6. The maximum absolute atomic E-state index is 12.3. The fourth-order valence-corrected chi connectivity index (χ4v) is 2.80. The van der Waals surface area contributed by atoms with Crippen molar-refractivity contribution in [2.75, 3.05) is 25.5 Å². The fraction of sp³-hybridized carbons (Fsp3) is 0.350. The van der Waals surface area contributed by atoms with E-state index in [4.69, 9.17) is 4.74 Å². The van der Waals surface area contributed by atoms with Crippen molar-refractivity contribution in [1.82, 2.24) is 4.90 Å². The third-order valence-corrected chi connectivity index (χ3v) is 4.26. The number of non-ortho nitro benzene ring substituents is 1. The number of methoxy groups -OCH3 is 1. The fourth-order valence-electron chi connectivity index (χ4n) is 2.80. The molecular weight excluding hydrogens is 346 g/mol. The summed E-state index contributed by atoms with van der Waals surface area (Å²) in [7, 11) is 1.46. The zero-order valence-corrected chi connectivity index (χ0v) is 15.9. The van der Waals surface area contributed by atoms with Gasteiger partial charge >= 0.3 is 0 Å². The van der Waals surface area contributed by atoms with Crippen LogP contribution in [-0.4, -0.2) is 35.9 Å². The second kappa shape index (κ2) is 9.68. The average Bonchev–Trinajstić information content (AvgIpc) is 2.65. The van der Waals surface area contributed by atoms with Crippen LogP contribution in [0.1, 0.15) is 24.5 Å². The molecule has 27 heavy (non-hydrogen) atoms. The van der Waals surface area contributed by atoms with Gasteiger partial charge in [-0.3, -0.25) is 19.8 Å². The predicted octanol–water partition coefficient (Wildman–Crippen LogP) is 3.76. The molecule has 0 heterocycles. The van der Waals surface area contributed by atoms with Crippen LogP contribution in [0.4, 0.5) is 11.4 Å². The largest absolute Gasteiger partial charge is 0.495 e. The zero-order valence-electron chi connectivity index (χ0n) is 15.9. The van der Waals surface area contributed by atoms with Gasteiger partial charge in [0.25, 0.3) is 5.69 Å². The highest BCUT2D eigenvalue weighted by atomic mass is 16.6. The van der Waals surface area contributed by atoms with E-state index in [1.54, 1.807) is 0 Å². The molecule has 0 spiro atoms. The van der Waals surface area contributed by atoms with Crippen LogP contribution in [0, 0.1) is 17.0 Å². The number of carbonyl (C=O) groups excluding carboxylic acids is 1. The van der Waals surface area contributed by atoms with Gasteiger partial charge in [-0.15, -0.1) is 0 Å². The van der Waals surface area contributed by atoms with Crippen molar-refractivity contribution >= 4 is 17.3 Å². The lowest BCUT2D eigenvalue weighted by Crippen LogP contribution is -2.27. The summed E-state index contributed by atoms with van der Waals surface area (Å²) in [5.41, 5.74) is 2.62. The molecule has 7 heteroatoms. The molecule has 0 aliphatic heterocycles. The number of carbonyl (C=O) groups is 1. The number of aryl methyl sites for hydroxylation is 1. The molecule has 2 aromatic carbocycles. The van der Waals surface area contributed by atoms with Crippen molar-refractivity contribution in [3.05, 3.63) is 63.7 Å².